The van der Waals surface area contributed by atoms with Crippen LogP contribution in [0.1, 0.15) is 25.0 Å². The van der Waals surface area contributed by atoms with Crippen LogP contribution in [-0.2, 0) is 0 Å². The van der Waals surface area contributed by atoms with Gasteiger partial charge in [-0.05, 0) is 31.4 Å². The van der Waals surface area contributed by atoms with Crippen molar-refractivity contribution in [3.8, 4) is 0 Å². The molecular weight excluding hydrogens is 200 g/mol. The molecule has 3 rings (SSSR count). The maximum absolute atomic E-state index is 4.43. The molecule has 4 heteroatoms. The van der Waals surface area contributed by atoms with Crippen molar-refractivity contribution in [2.75, 3.05) is 11.9 Å². The van der Waals surface area contributed by atoms with E-state index in [4.69, 9.17) is 0 Å². The highest BCUT2D eigenvalue weighted by Gasteiger charge is 2.20. The van der Waals surface area contributed by atoms with Gasteiger partial charge in [0.15, 0.2) is 5.65 Å². The molecule has 0 unspecified atom stereocenters. The standard InChI is InChI=1S/C12H16N4/c1-9-3-2-4-11-14-12(15-16(9)11)13-8-7-10-5-6-10/h2-4,10H,5-8H2,1H3,(H,13,15). The Labute approximate surface area is 94.7 Å². The summed E-state index contributed by atoms with van der Waals surface area (Å²) in [5, 5.41) is 7.71. The van der Waals surface area contributed by atoms with Gasteiger partial charge in [-0.2, -0.15) is 4.98 Å². The number of pyridine rings is 1. The molecule has 0 bridgehead atoms. The molecule has 0 saturated heterocycles. The summed E-state index contributed by atoms with van der Waals surface area (Å²) >= 11 is 0. The fourth-order valence-electron chi connectivity index (χ4n) is 1.91. The van der Waals surface area contributed by atoms with Crippen molar-refractivity contribution in [1.29, 1.82) is 0 Å². The molecule has 4 nitrogen and oxygen atoms in total. The van der Waals surface area contributed by atoms with Crippen LogP contribution in [0.4, 0.5) is 5.95 Å². The molecule has 84 valence electrons. The third kappa shape index (κ3) is 1.87. The summed E-state index contributed by atoms with van der Waals surface area (Å²) < 4.78 is 1.87. The average Bonchev–Trinajstić information content (AvgIpc) is 2.98. The van der Waals surface area contributed by atoms with Crippen LogP contribution in [0.5, 0.6) is 0 Å². The van der Waals surface area contributed by atoms with Crippen LogP contribution in [0.25, 0.3) is 5.65 Å². The molecule has 2 aromatic heterocycles. The second kappa shape index (κ2) is 3.77. The second-order valence-corrected chi connectivity index (χ2v) is 4.53. The van der Waals surface area contributed by atoms with Crippen molar-refractivity contribution >= 4 is 11.6 Å². The van der Waals surface area contributed by atoms with Crippen LogP contribution >= 0.6 is 0 Å². The van der Waals surface area contributed by atoms with Crippen molar-refractivity contribution in [3.63, 3.8) is 0 Å². The second-order valence-electron chi connectivity index (χ2n) is 4.53. The summed E-state index contributed by atoms with van der Waals surface area (Å²) in [6.07, 6.45) is 4.05. The van der Waals surface area contributed by atoms with Gasteiger partial charge in [-0.3, -0.25) is 0 Å². The number of hydrogen-bond acceptors (Lipinski definition) is 3. The zero-order valence-electron chi connectivity index (χ0n) is 9.48. The fraction of sp³-hybridized carbons (Fsp3) is 0.500. The Hall–Kier alpha value is -1.58. The van der Waals surface area contributed by atoms with Gasteiger partial charge in [-0.1, -0.05) is 18.9 Å². The van der Waals surface area contributed by atoms with Crippen molar-refractivity contribution in [2.24, 2.45) is 5.92 Å². The zero-order chi connectivity index (χ0) is 11.0. The quantitative estimate of drug-likeness (QED) is 0.852. The molecule has 0 aromatic carbocycles. The molecule has 16 heavy (non-hydrogen) atoms. The van der Waals surface area contributed by atoms with Crippen LogP contribution in [0.2, 0.25) is 0 Å². The van der Waals surface area contributed by atoms with E-state index in [1.54, 1.807) is 0 Å². The van der Waals surface area contributed by atoms with E-state index >= 15 is 0 Å². The lowest BCUT2D eigenvalue weighted by Gasteiger charge is -1.98. The molecule has 1 saturated carbocycles. The van der Waals surface area contributed by atoms with Crippen LogP contribution in [0.15, 0.2) is 18.2 Å². The Morgan fingerprint density at radius 3 is 3.06 bits per heavy atom. The normalized spacial score (nSPS) is 15.6. The molecule has 1 aliphatic carbocycles. The Balaban J connectivity index is 1.73. The Morgan fingerprint density at radius 2 is 2.31 bits per heavy atom. The lowest BCUT2D eigenvalue weighted by Crippen LogP contribution is -2.04. The third-order valence-electron chi connectivity index (χ3n) is 3.08. The molecule has 0 aliphatic heterocycles. The molecule has 2 aromatic rings. The number of fused-ring (bicyclic) bond motifs is 1. The summed E-state index contributed by atoms with van der Waals surface area (Å²) in [7, 11) is 0. The van der Waals surface area contributed by atoms with Crippen molar-refractivity contribution < 1.29 is 0 Å². The lowest BCUT2D eigenvalue weighted by atomic mass is 10.3. The first kappa shape index (κ1) is 9.63. The number of hydrogen-bond donors (Lipinski definition) is 1. The van der Waals surface area contributed by atoms with Gasteiger partial charge in [0.2, 0.25) is 5.95 Å². The molecule has 2 heterocycles. The summed E-state index contributed by atoms with van der Waals surface area (Å²) in [6, 6.07) is 6.02. The molecule has 1 fully saturated rings. The highest BCUT2D eigenvalue weighted by molar-refractivity contribution is 5.44. The van der Waals surface area contributed by atoms with Crippen LogP contribution < -0.4 is 5.32 Å². The van der Waals surface area contributed by atoms with Gasteiger partial charge in [0.05, 0.1) is 0 Å². The first-order chi connectivity index (χ1) is 7.83. The van der Waals surface area contributed by atoms with E-state index in [1.807, 2.05) is 29.6 Å². The third-order valence-corrected chi connectivity index (χ3v) is 3.08. The molecule has 1 N–H and O–H groups in total. The van der Waals surface area contributed by atoms with Crippen LogP contribution in [0, 0.1) is 12.8 Å². The summed E-state index contributed by atoms with van der Waals surface area (Å²) in [6.45, 7) is 3.02. The number of aromatic nitrogens is 3. The maximum Gasteiger partial charge on any atom is 0.243 e. The zero-order valence-corrected chi connectivity index (χ0v) is 9.48. The van der Waals surface area contributed by atoms with Gasteiger partial charge in [0.25, 0.3) is 0 Å². The number of anilines is 1. The largest absolute Gasteiger partial charge is 0.353 e. The van der Waals surface area contributed by atoms with Crippen LogP contribution in [0.3, 0.4) is 0 Å². The number of nitrogens with zero attached hydrogens (tertiary/aromatic N) is 3. The highest BCUT2D eigenvalue weighted by atomic mass is 15.3. The van der Waals surface area contributed by atoms with Crippen LogP contribution in [-0.4, -0.2) is 21.1 Å². The van der Waals surface area contributed by atoms with Crippen molar-refractivity contribution in [1.82, 2.24) is 14.6 Å². The van der Waals surface area contributed by atoms with E-state index in [1.165, 1.54) is 19.3 Å². The minimum atomic E-state index is 0.745. The molecular formula is C12H16N4. The van der Waals surface area contributed by atoms with Gasteiger partial charge < -0.3 is 5.32 Å². The smallest absolute Gasteiger partial charge is 0.243 e. The summed E-state index contributed by atoms with van der Waals surface area (Å²) in [4.78, 5) is 4.43. The Bertz CT molecular complexity index is 499. The van der Waals surface area contributed by atoms with E-state index < -0.39 is 0 Å². The maximum atomic E-state index is 4.43. The van der Waals surface area contributed by atoms with Gasteiger partial charge in [0.1, 0.15) is 0 Å². The fourth-order valence-corrected chi connectivity index (χ4v) is 1.91. The number of rotatable bonds is 4. The van der Waals surface area contributed by atoms with E-state index in [2.05, 4.69) is 15.4 Å². The number of aryl methyl sites for hydroxylation is 1. The van der Waals surface area contributed by atoms with E-state index in [-0.39, 0.29) is 0 Å². The van der Waals surface area contributed by atoms with E-state index in [9.17, 15) is 0 Å². The first-order valence-electron chi connectivity index (χ1n) is 5.89. The Kier molecular flexibility index (Phi) is 2.27. The predicted molar refractivity (Wildman–Crippen MR) is 63.6 cm³/mol. The predicted octanol–water partition coefficient (Wildman–Crippen LogP) is 2.25. The molecule has 0 amide bonds. The highest BCUT2D eigenvalue weighted by Crippen LogP contribution is 2.31. The minimum absolute atomic E-state index is 0.745. The summed E-state index contributed by atoms with van der Waals surface area (Å²) in [5.74, 6) is 1.70. The van der Waals surface area contributed by atoms with Crippen molar-refractivity contribution in [3.05, 3.63) is 23.9 Å². The van der Waals surface area contributed by atoms with E-state index in [0.29, 0.717) is 0 Å². The SMILES string of the molecule is Cc1cccc2nc(NCCC3CC3)nn12. The Morgan fingerprint density at radius 1 is 1.44 bits per heavy atom. The lowest BCUT2D eigenvalue weighted by molar-refractivity contribution is 0.754. The van der Waals surface area contributed by atoms with Crippen molar-refractivity contribution in [2.45, 2.75) is 26.2 Å². The van der Waals surface area contributed by atoms with Gasteiger partial charge >= 0.3 is 0 Å². The van der Waals surface area contributed by atoms with Gasteiger partial charge in [0, 0.05) is 12.2 Å². The molecule has 0 atom stereocenters. The average molecular weight is 216 g/mol. The molecule has 1 aliphatic rings. The molecule has 0 radical (unpaired) electrons. The minimum Gasteiger partial charge on any atom is -0.353 e. The van der Waals surface area contributed by atoms with Gasteiger partial charge in [-0.15, -0.1) is 5.10 Å². The number of nitrogens with one attached hydrogen (secondary N) is 1. The summed E-state index contributed by atoms with van der Waals surface area (Å²) in [5.41, 5.74) is 2.02. The first-order valence-corrected chi connectivity index (χ1v) is 5.89. The molecule has 0 spiro atoms. The topological polar surface area (TPSA) is 42.2 Å². The van der Waals surface area contributed by atoms with Gasteiger partial charge in [-0.25, -0.2) is 4.52 Å². The monoisotopic (exact) mass is 216 g/mol. The van der Waals surface area contributed by atoms with E-state index in [0.717, 1.165) is 29.8 Å².